The highest BCUT2D eigenvalue weighted by molar-refractivity contribution is 6.40. The van der Waals surface area contributed by atoms with E-state index in [2.05, 4.69) is 10.3 Å². The van der Waals surface area contributed by atoms with Crippen LogP contribution in [0.5, 0.6) is 0 Å². The first kappa shape index (κ1) is 12.6. The molecule has 2 aromatic rings. The van der Waals surface area contributed by atoms with E-state index in [0.29, 0.717) is 11.5 Å². The van der Waals surface area contributed by atoms with Crippen molar-refractivity contribution in [2.24, 2.45) is 4.99 Å². The van der Waals surface area contributed by atoms with Crippen molar-refractivity contribution in [1.29, 1.82) is 0 Å². The number of hydrogen-bond donors (Lipinski definition) is 1. The number of rotatable bonds is 3. The van der Waals surface area contributed by atoms with E-state index in [1.807, 2.05) is 30.3 Å². The largest absolute Gasteiger partial charge is 0.466 e. The first-order valence-corrected chi connectivity index (χ1v) is 6.33. The zero-order valence-corrected chi connectivity index (χ0v) is 10.9. The summed E-state index contributed by atoms with van der Waals surface area (Å²) in [6.07, 6.45) is 0.490. The van der Waals surface area contributed by atoms with E-state index < -0.39 is 12.3 Å². The van der Waals surface area contributed by atoms with Gasteiger partial charge in [-0.1, -0.05) is 30.3 Å². The van der Waals surface area contributed by atoms with Gasteiger partial charge in [0.1, 0.15) is 11.5 Å². The topological polar surface area (TPSA) is 63.8 Å². The van der Waals surface area contributed by atoms with Crippen molar-refractivity contribution < 1.29 is 13.9 Å². The van der Waals surface area contributed by atoms with E-state index in [-0.39, 0.29) is 5.91 Å². The summed E-state index contributed by atoms with van der Waals surface area (Å²) in [6, 6.07) is 13.1. The van der Waals surface area contributed by atoms with Gasteiger partial charge in [0, 0.05) is 12.6 Å². The van der Waals surface area contributed by atoms with Gasteiger partial charge in [0.25, 0.3) is 5.91 Å². The molecule has 0 fully saturated rings. The lowest BCUT2D eigenvalue weighted by Gasteiger charge is -2.12. The summed E-state index contributed by atoms with van der Waals surface area (Å²) in [5.41, 5.74) is 1.24. The molecular formula is C15H14N2O3. The maximum absolute atomic E-state index is 11.9. The van der Waals surface area contributed by atoms with Crippen LogP contribution in [-0.4, -0.2) is 18.7 Å². The average Bonchev–Trinajstić information content (AvgIpc) is 3.16. The Balaban J connectivity index is 1.94. The second-order valence-corrected chi connectivity index (χ2v) is 4.39. The molecule has 0 bridgehead atoms. The minimum atomic E-state index is -0.574. The van der Waals surface area contributed by atoms with Crippen LogP contribution in [0.3, 0.4) is 0 Å². The Bertz CT molecular complexity index is 620. The van der Waals surface area contributed by atoms with Gasteiger partial charge in [-0.25, -0.2) is 4.99 Å². The van der Waals surface area contributed by atoms with E-state index in [1.54, 1.807) is 25.4 Å². The summed E-state index contributed by atoms with van der Waals surface area (Å²) in [7, 11) is 1.57. The van der Waals surface area contributed by atoms with Crippen LogP contribution in [0, 0.1) is 0 Å². The third-order valence-electron chi connectivity index (χ3n) is 3.12. The van der Waals surface area contributed by atoms with Crippen molar-refractivity contribution in [2.45, 2.75) is 12.3 Å². The van der Waals surface area contributed by atoms with Gasteiger partial charge in [-0.3, -0.25) is 4.79 Å². The molecular weight excluding hydrogens is 256 g/mol. The predicted octanol–water partition coefficient (Wildman–Crippen LogP) is 2.24. The minimum Gasteiger partial charge on any atom is -0.466 e. The molecule has 3 rings (SSSR count). The number of amides is 1. The number of ether oxygens (including phenoxy) is 1. The summed E-state index contributed by atoms with van der Waals surface area (Å²) >= 11 is 0. The molecule has 0 saturated carbocycles. The molecule has 2 atom stereocenters. The Morgan fingerprint density at radius 2 is 2.00 bits per heavy atom. The van der Waals surface area contributed by atoms with Gasteiger partial charge in [0.15, 0.2) is 12.3 Å². The monoisotopic (exact) mass is 270 g/mol. The quantitative estimate of drug-likeness (QED) is 0.930. The van der Waals surface area contributed by atoms with Crippen LogP contribution >= 0.6 is 0 Å². The molecule has 2 heterocycles. The summed E-state index contributed by atoms with van der Waals surface area (Å²) < 4.78 is 11.2. The smallest absolute Gasteiger partial charge is 0.268 e. The fraction of sp³-hybridized carbons (Fsp3) is 0.200. The highest BCUT2D eigenvalue weighted by Gasteiger charge is 2.36. The van der Waals surface area contributed by atoms with Gasteiger partial charge in [0.05, 0.1) is 6.26 Å². The number of hydrogen-bond acceptors (Lipinski definition) is 4. The molecule has 1 amide bonds. The molecule has 5 heteroatoms. The van der Waals surface area contributed by atoms with Crippen LogP contribution in [-0.2, 0) is 9.53 Å². The van der Waals surface area contributed by atoms with Crippen LogP contribution in [0.15, 0.2) is 58.1 Å². The SMILES string of the molecule is CNC(=O)C1=N[C@H](c2ccccc2)O[C@H]1c1ccco1. The van der Waals surface area contributed by atoms with E-state index >= 15 is 0 Å². The summed E-state index contributed by atoms with van der Waals surface area (Å²) in [6.45, 7) is 0. The fourth-order valence-electron chi connectivity index (χ4n) is 2.14. The summed E-state index contributed by atoms with van der Waals surface area (Å²) in [4.78, 5) is 16.3. The number of nitrogens with zero attached hydrogens (tertiary/aromatic N) is 1. The lowest BCUT2D eigenvalue weighted by Crippen LogP contribution is -2.30. The molecule has 20 heavy (non-hydrogen) atoms. The molecule has 1 aromatic heterocycles. The van der Waals surface area contributed by atoms with Crippen molar-refractivity contribution in [3.63, 3.8) is 0 Å². The van der Waals surface area contributed by atoms with Gasteiger partial charge in [-0.15, -0.1) is 0 Å². The van der Waals surface area contributed by atoms with Crippen LogP contribution in [0.1, 0.15) is 23.7 Å². The molecule has 1 aromatic carbocycles. The van der Waals surface area contributed by atoms with Crippen molar-refractivity contribution >= 4 is 11.6 Å². The third-order valence-corrected chi connectivity index (χ3v) is 3.12. The third kappa shape index (κ3) is 2.23. The number of aliphatic imine (C=N–C) groups is 1. The van der Waals surface area contributed by atoms with Gasteiger partial charge < -0.3 is 14.5 Å². The number of carbonyl (C=O) groups excluding carboxylic acids is 1. The number of benzene rings is 1. The zero-order valence-electron chi connectivity index (χ0n) is 10.9. The number of nitrogens with one attached hydrogen (secondary N) is 1. The molecule has 0 saturated heterocycles. The van der Waals surface area contributed by atoms with Gasteiger partial charge in [-0.2, -0.15) is 0 Å². The maximum Gasteiger partial charge on any atom is 0.268 e. The molecule has 0 aliphatic carbocycles. The molecule has 5 nitrogen and oxygen atoms in total. The van der Waals surface area contributed by atoms with Gasteiger partial charge >= 0.3 is 0 Å². The molecule has 1 aliphatic heterocycles. The van der Waals surface area contributed by atoms with Crippen molar-refractivity contribution in [3.8, 4) is 0 Å². The number of furan rings is 1. The normalized spacial score (nSPS) is 21.6. The Labute approximate surface area is 116 Å². The Kier molecular flexibility index (Phi) is 3.35. The van der Waals surface area contributed by atoms with Crippen molar-refractivity contribution in [1.82, 2.24) is 5.32 Å². The van der Waals surface area contributed by atoms with Crippen LogP contribution in [0.2, 0.25) is 0 Å². The predicted molar refractivity (Wildman–Crippen MR) is 73.2 cm³/mol. The fourth-order valence-corrected chi connectivity index (χ4v) is 2.14. The Morgan fingerprint density at radius 1 is 1.20 bits per heavy atom. The van der Waals surface area contributed by atoms with E-state index in [1.165, 1.54) is 0 Å². The van der Waals surface area contributed by atoms with Gasteiger partial charge in [0.2, 0.25) is 0 Å². The molecule has 1 aliphatic rings. The average molecular weight is 270 g/mol. The lowest BCUT2D eigenvalue weighted by atomic mass is 10.1. The van der Waals surface area contributed by atoms with E-state index in [0.717, 1.165) is 5.56 Å². The minimum absolute atomic E-state index is 0.259. The van der Waals surface area contributed by atoms with E-state index in [4.69, 9.17) is 9.15 Å². The highest BCUT2D eigenvalue weighted by Crippen LogP contribution is 2.35. The summed E-state index contributed by atoms with van der Waals surface area (Å²) in [5, 5.41) is 2.58. The van der Waals surface area contributed by atoms with E-state index in [9.17, 15) is 4.79 Å². The lowest BCUT2D eigenvalue weighted by molar-refractivity contribution is -0.114. The molecule has 0 unspecified atom stereocenters. The number of carbonyl (C=O) groups is 1. The summed E-state index contributed by atoms with van der Waals surface area (Å²) in [5.74, 6) is 0.315. The standard InChI is InChI=1S/C15H14N2O3/c1-16-14(18)12-13(11-8-5-9-19-11)20-15(17-12)10-6-3-2-4-7-10/h2-9,13,15H,1H3,(H,16,18)/t13-,15-/m0/s1. The van der Waals surface area contributed by atoms with Gasteiger partial charge in [-0.05, 0) is 12.1 Å². The van der Waals surface area contributed by atoms with Crippen molar-refractivity contribution in [3.05, 3.63) is 60.1 Å². The molecule has 0 spiro atoms. The molecule has 1 N–H and O–H groups in total. The maximum atomic E-state index is 11.9. The Morgan fingerprint density at radius 3 is 2.65 bits per heavy atom. The molecule has 0 radical (unpaired) electrons. The van der Waals surface area contributed by atoms with Crippen LogP contribution < -0.4 is 5.32 Å². The molecule has 102 valence electrons. The zero-order chi connectivity index (χ0) is 13.9. The van der Waals surface area contributed by atoms with Crippen molar-refractivity contribution in [2.75, 3.05) is 7.05 Å². The van der Waals surface area contributed by atoms with Crippen LogP contribution in [0.4, 0.5) is 0 Å². The highest BCUT2D eigenvalue weighted by atomic mass is 16.5. The first-order valence-electron chi connectivity index (χ1n) is 6.33. The second-order valence-electron chi connectivity index (χ2n) is 4.39. The second kappa shape index (κ2) is 5.30. The first-order chi connectivity index (χ1) is 9.79. The van der Waals surface area contributed by atoms with Crippen LogP contribution in [0.25, 0.3) is 0 Å². The Hall–Kier alpha value is -2.40.